The molecule has 1 aliphatic rings. The fraction of sp³-hybridized carbons (Fsp3) is 0.600. The van der Waals surface area contributed by atoms with Gasteiger partial charge in [-0.3, -0.25) is 4.79 Å². The number of likely N-dealkylation sites (tertiary alicyclic amines) is 1. The molecule has 2 rings (SSSR count). The summed E-state index contributed by atoms with van der Waals surface area (Å²) >= 11 is 0. The van der Waals surface area contributed by atoms with Gasteiger partial charge in [-0.05, 0) is 11.5 Å². The minimum absolute atomic E-state index is 0.0387. The second kappa shape index (κ2) is 5.59. The molecule has 0 spiro atoms. The normalized spacial score (nSPS) is 19.5. The molecule has 4 heteroatoms. The van der Waals surface area contributed by atoms with Gasteiger partial charge in [0.2, 0.25) is 11.8 Å². The van der Waals surface area contributed by atoms with Crippen LogP contribution >= 0.6 is 0 Å². The smallest absolute Gasteiger partial charge is 0.223 e. The number of aromatic nitrogens is 1. The van der Waals surface area contributed by atoms with Crippen LogP contribution < -0.4 is 4.74 Å². The van der Waals surface area contributed by atoms with Crippen LogP contribution in [-0.2, 0) is 4.79 Å². The maximum absolute atomic E-state index is 12.1. The number of nitrogens with zero attached hydrogens (tertiary/aromatic N) is 2. The quantitative estimate of drug-likeness (QED) is 0.840. The summed E-state index contributed by atoms with van der Waals surface area (Å²) in [4.78, 5) is 18.2. The highest BCUT2D eigenvalue weighted by Gasteiger charge is 2.29. The highest BCUT2D eigenvalue weighted by molar-refractivity contribution is 5.77. The Balaban J connectivity index is 1.85. The van der Waals surface area contributed by atoms with E-state index in [0.29, 0.717) is 18.8 Å². The highest BCUT2D eigenvalue weighted by Crippen LogP contribution is 2.23. The molecule has 104 valence electrons. The first kappa shape index (κ1) is 13.8. The van der Waals surface area contributed by atoms with Gasteiger partial charge in [0.25, 0.3) is 0 Å². The second-order valence-electron chi connectivity index (χ2n) is 6.27. The molecule has 0 aliphatic carbocycles. The molecule has 1 amide bonds. The van der Waals surface area contributed by atoms with Crippen molar-refractivity contribution in [1.82, 2.24) is 9.88 Å². The van der Waals surface area contributed by atoms with E-state index in [1.165, 1.54) is 0 Å². The Kier molecular flexibility index (Phi) is 4.08. The van der Waals surface area contributed by atoms with Crippen molar-refractivity contribution in [2.24, 2.45) is 5.41 Å². The van der Waals surface area contributed by atoms with Crippen LogP contribution in [0.15, 0.2) is 24.4 Å². The third-order valence-electron chi connectivity index (χ3n) is 3.10. The summed E-state index contributed by atoms with van der Waals surface area (Å²) in [6.45, 7) is 7.71. The summed E-state index contributed by atoms with van der Waals surface area (Å²) in [6.07, 6.45) is 3.25. The average Bonchev–Trinajstić information content (AvgIpc) is 2.77. The maximum Gasteiger partial charge on any atom is 0.223 e. The zero-order chi connectivity index (χ0) is 13.9. The third kappa shape index (κ3) is 4.23. The lowest BCUT2D eigenvalue weighted by Crippen LogP contribution is -2.33. The van der Waals surface area contributed by atoms with Crippen molar-refractivity contribution < 1.29 is 9.53 Å². The van der Waals surface area contributed by atoms with Crippen LogP contribution in [0.1, 0.15) is 33.6 Å². The van der Waals surface area contributed by atoms with Gasteiger partial charge in [0, 0.05) is 31.6 Å². The van der Waals surface area contributed by atoms with E-state index < -0.39 is 0 Å². The standard InChI is InChI=1S/C15H22N2O2/c1-15(2,3)10-14(18)17-9-7-12(11-17)19-13-6-4-5-8-16-13/h4-6,8,12H,7,9-11H2,1-3H3/t12-/m0/s1. The molecule has 1 aromatic rings. The van der Waals surface area contributed by atoms with Gasteiger partial charge in [-0.1, -0.05) is 26.8 Å². The Morgan fingerprint density at radius 3 is 2.89 bits per heavy atom. The molecule has 1 aliphatic heterocycles. The van der Waals surface area contributed by atoms with Gasteiger partial charge in [0.15, 0.2) is 0 Å². The number of carbonyl (C=O) groups excluding carboxylic acids is 1. The molecule has 0 bridgehead atoms. The Labute approximate surface area is 114 Å². The molecule has 0 unspecified atom stereocenters. The molecule has 4 nitrogen and oxygen atoms in total. The van der Waals surface area contributed by atoms with Gasteiger partial charge in [-0.25, -0.2) is 4.98 Å². The van der Waals surface area contributed by atoms with Crippen molar-refractivity contribution in [3.63, 3.8) is 0 Å². The number of pyridine rings is 1. The molecule has 0 radical (unpaired) electrons. The van der Waals surface area contributed by atoms with Gasteiger partial charge < -0.3 is 9.64 Å². The maximum atomic E-state index is 12.1. The van der Waals surface area contributed by atoms with Crippen molar-refractivity contribution >= 4 is 5.91 Å². The van der Waals surface area contributed by atoms with Gasteiger partial charge in [-0.15, -0.1) is 0 Å². The minimum atomic E-state index is 0.0387. The fourth-order valence-electron chi connectivity index (χ4n) is 2.20. The van der Waals surface area contributed by atoms with Crippen LogP contribution in [0.5, 0.6) is 5.88 Å². The Hall–Kier alpha value is -1.58. The molecular formula is C15H22N2O2. The Bertz CT molecular complexity index is 426. The first-order valence-electron chi connectivity index (χ1n) is 6.79. The summed E-state index contributed by atoms with van der Waals surface area (Å²) < 4.78 is 5.78. The molecule has 1 atom stereocenters. The lowest BCUT2D eigenvalue weighted by Gasteiger charge is -2.23. The van der Waals surface area contributed by atoms with Crippen molar-refractivity contribution in [3.05, 3.63) is 24.4 Å². The summed E-state index contributed by atoms with van der Waals surface area (Å²) in [6, 6.07) is 5.61. The third-order valence-corrected chi connectivity index (χ3v) is 3.10. The molecule has 1 fully saturated rings. The fourth-order valence-corrected chi connectivity index (χ4v) is 2.20. The number of hydrogen-bond acceptors (Lipinski definition) is 3. The van der Waals surface area contributed by atoms with E-state index >= 15 is 0 Å². The monoisotopic (exact) mass is 262 g/mol. The number of ether oxygens (including phenoxy) is 1. The van der Waals surface area contributed by atoms with Gasteiger partial charge in [0.1, 0.15) is 6.10 Å². The number of amides is 1. The van der Waals surface area contributed by atoms with Crippen molar-refractivity contribution in [1.29, 1.82) is 0 Å². The van der Waals surface area contributed by atoms with E-state index in [-0.39, 0.29) is 17.4 Å². The zero-order valence-corrected chi connectivity index (χ0v) is 11.9. The Morgan fingerprint density at radius 2 is 2.26 bits per heavy atom. The van der Waals surface area contributed by atoms with Gasteiger partial charge >= 0.3 is 0 Å². The summed E-state index contributed by atoms with van der Waals surface area (Å²) in [5, 5.41) is 0. The number of hydrogen-bond donors (Lipinski definition) is 0. The number of rotatable bonds is 3. The van der Waals surface area contributed by atoms with Crippen molar-refractivity contribution in [3.8, 4) is 5.88 Å². The largest absolute Gasteiger partial charge is 0.472 e. The van der Waals surface area contributed by atoms with Crippen LogP contribution in [0.2, 0.25) is 0 Å². The molecule has 1 saturated heterocycles. The van der Waals surface area contributed by atoms with E-state index in [1.54, 1.807) is 6.20 Å². The molecule has 19 heavy (non-hydrogen) atoms. The van der Waals surface area contributed by atoms with Crippen LogP contribution in [0.3, 0.4) is 0 Å². The molecular weight excluding hydrogens is 240 g/mol. The van der Waals surface area contributed by atoms with Crippen molar-refractivity contribution in [2.75, 3.05) is 13.1 Å². The predicted molar refractivity (Wildman–Crippen MR) is 73.9 cm³/mol. The van der Waals surface area contributed by atoms with Crippen LogP contribution in [0.25, 0.3) is 0 Å². The van der Waals surface area contributed by atoms with Gasteiger partial charge in [-0.2, -0.15) is 0 Å². The van der Waals surface area contributed by atoms with E-state index in [2.05, 4.69) is 25.8 Å². The van der Waals surface area contributed by atoms with Crippen LogP contribution in [0.4, 0.5) is 0 Å². The second-order valence-corrected chi connectivity index (χ2v) is 6.27. The van der Waals surface area contributed by atoms with Crippen molar-refractivity contribution in [2.45, 2.75) is 39.7 Å². The minimum Gasteiger partial charge on any atom is -0.472 e. The SMILES string of the molecule is CC(C)(C)CC(=O)N1CC[C@H](Oc2ccccn2)C1. The van der Waals surface area contributed by atoms with E-state index in [0.717, 1.165) is 13.0 Å². The molecule has 0 N–H and O–H groups in total. The first-order valence-corrected chi connectivity index (χ1v) is 6.79. The first-order chi connectivity index (χ1) is 8.94. The summed E-state index contributed by atoms with van der Waals surface area (Å²) in [7, 11) is 0. The molecule has 1 aromatic heterocycles. The molecule has 0 saturated carbocycles. The van der Waals surface area contributed by atoms with Crippen LogP contribution in [-0.4, -0.2) is 35.0 Å². The van der Waals surface area contributed by atoms with E-state index in [9.17, 15) is 4.79 Å². The summed E-state index contributed by atoms with van der Waals surface area (Å²) in [5.74, 6) is 0.859. The highest BCUT2D eigenvalue weighted by atomic mass is 16.5. The van der Waals surface area contributed by atoms with E-state index in [1.807, 2.05) is 23.1 Å². The lowest BCUT2D eigenvalue weighted by molar-refractivity contribution is -0.132. The molecule has 2 heterocycles. The summed E-state index contributed by atoms with van der Waals surface area (Å²) in [5.41, 5.74) is 0.0387. The predicted octanol–water partition coefficient (Wildman–Crippen LogP) is 2.50. The van der Waals surface area contributed by atoms with Gasteiger partial charge in [0.05, 0.1) is 6.54 Å². The Morgan fingerprint density at radius 1 is 1.47 bits per heavy atom. The van der Waals surface area contributed by atoms with E-state index in [4.69, 9.17) is 4.74 Å². The molecule has 0 aromatic carbocycles. The topological polar surface area (TPSA) is 42.4 Å². The van der Waals surface area contributed by atoms with Crippen LogP contribution in [0, 0.1) is 5.41 Å². The average molecular weight is 262 g/mol. The zero-order valence-electron chi connectivity index (χ0n) is 11.9. The number of carbonyl (C=O) groups is 1. The lowest BCUT2D eigenvalue weighted by atomic mass is 9.92.